The van der Waals surface area contributed by atoms with Gasteiger partial charge in [-0.1, -0.05) is 24.3 Å². The monoisotopic (exact) mass is 1050 g/mol. The second kappa shape index (κ2) is 26.4. The molecule has 8 heterocycles. The van der Waals surface area contributed by atoms with Gasteiger partial charge in [-0.15, -0.1) is 0 Å². The maximum Gasteiger partial charge on any atom is 0.318 e. The molecule has 0 unspecified atom stereocenters. The van der Waals surface area contributed by atoms with Crippen LogP contribution in [0, 0.1) is 0 Å². The van der Waals surface area contributed by atoms with E-state index in [1.54, 1.807) is 14.1 Å². The number of carbonyl (C=O) groups excluding carboxylic acids is 4. The lowest BCUT2D eigenvalue weighted by atomic mass is 10.0. The minimum absolute atomic E-state index is 0.00154. The van der Waals surface area contributed by atoms with Crippen molar-refractivity contribution in [2.45, 2.75) is 37.8 Å². The Morgan fingerprint density at radius 1 is 0.613 bits per heavy atom. The number of carbonyl (C=O) groups is 4. The zero-order chi connectivity index (χ0) is 52.7. The third kappa shape index (κ3) is 13.8. The van der Waals surface area contributed by atoms with Crippen LogP contribution < -0.4 is 36.4 Å². The van der Waals surface area contributed by atoms with Gasteiger partial charge in [-0.3, -0.25) is 9.59 Å². The van der Waals surface area contributed by atoms with Crippen LogP contribution in [0.5, 0.6) is 0 Å². The summed E-state index contributed by atoms with van der Waals surface area (Å²) in [7, 11) is 6.12. The SMILES string of the molecule is CNC(=O)Nc1ccc(-c2nc(N3CCOCC3)nc3c2cnn3C2CCN(C(=O)COC)CC2)cc1.CNC(=O)Nc1ccc(-c2nc(N3CCOCC3)nc3c2cnn3C2CCNCC2)cc1.COCC(=O)Cl. The van der Waals surface area contributed by atoms with E-state index in [1.165, 1.54) is 14.2 Å². The van der Waals surface area contributed by atoms with E-state index in [2.05, 4.69) is 45.8 Å². The quantitative estimate of drug-likeness (QED) is 0.107. The molecule has 0 atom stereocenters. The minimum Gasteiger partial charge on any atom is -0.378 e. The van der Waals surface area contributed by atoms with E-state index in [4.69, 9.17) is 55.9 Å². The molecule has 0 radical (unpaired) electrons. The first-order valence-electron chi connectivity index (χ1n) is 25.1. The Bertz CT molecular complexity index is 2860. The zero-order valence-corrected chi connectivity index (χ0v) is 43.5. The van der Waals surface area contributed by atoms with Gasteiger partial charge in [0.15, 0.2) is 11.3 Å². The molecule has 2 aromatic carbocycles. The van der Waals surface area contributed by atoms with Crippen LogP contribution in [0.1, 0.15) is 37.8 Å². The number of urea groups is 2. The van der Waals surface area contributed by atoms with E-state index in [-0.39, 0.29) is 37.2 Å². The molecule has 400 valence electrons. The van der Waals surface area contributed by atoms with Gasteiger partial charge in [0.25, 0.3) is 0 Å². The number of anilines is 4. The molecule has 6 aromatic rings. The van der Waals surface area contributed by atoms with Crippen molar-refractivity contribution in [3.05, 3.63) is 60.9 Å². The fraction of sp³-hybridized carbons (Fsp3) is 0.480. The standard InChI is InChI=1S/C25H32N8O4.C22H28N8O2.C3H5ClO2/c1-26-25(35)28-18-5-3-17(4-6-18)22-20-15-27-33(19-7-9-31(10-8-19)21(34)16-36-2)23(20)30-24(29-22)32-11-13-37-14-12-32;1-23-22(31)26-16-4-2-15(3-5-16)19-18-14-25-30(17-6-8-24-9-7-17)20(18)28-21(27-19)29-10-12-32-13-11-29;1-6-2-3(4)5/h3-6,15,19H,7-14,16H2,1-2H3,(H2,26,28,35);2-5,14,17,24H,6-13H2,1H3,(H2,23,26,31);2H2,1H3. The van der Waals surface area contributed by atoms with Gasteiger partial charge in [0, 0.05) is 90.1 Å². The van der Waals surface area contributed by atoms with Crippen molar-refractivity contribution in [2.24, 2.45) is 0 Å². The van der Waals surface area contributed by atoms with E-state index in [0.717, 1.165) is 102 Å². The highest BCUT2D eigenvalue weighted by Gasteiger charge is 2.28. The van der Waals surface area contributed by atoms with Gasteiger partial charge in [0.1, 0.15) is 13.2 Å². The minimum atomic E-state index is -0.461. The number of ether oxygens (including phenoxy) is 4. The molecule has 0 spiro atoms. The Hall–Kier alpha value is -7.09. The highest BCUT2D eigenvalue weighted by Crippen LogP contribution is 2.34. The Morgan fingerprint density at radius 2 is 1.04 bits per heavy atom. The molecule has 5 N–H and O–H groups in total. The van der Waals surface area contributed by atoms with Gasteiger partial charge < -0.3 is 60.2 Å². The molecule has 0 bridgehead atoms. The first kappa shape index (κ1) is 54.2. The number of morpholine rings is 2. The predicted octanol–water partition coefficient (Wildman–Crippen LogP) is 4.30. The van der Waals surface area contributed by atoms with Gasteiger partial charge in [0.2, 0.25) is 23.0 Å². The number of hydrogen-bond acceptors (Lipinski definition) is 17. The molecule has 10 rings (SSSR count). The number of hydrogen-bond donors (Lipinski definition) is 5. The lowest BCUT2D eigenvalue weighted by molar-refractivity contribution is -0.136. The summed E-state index contributed by atoms with van der Waals surface area (Å²) in [5.74, 6) is 1.37. The fourth-order valence-corrected chi connectivity index (χ4v) is 9.27. The number of fused-ring (bicyclic) bond motifs is 2. The van der Waals surface area contributed by atoms with E-state index < -0.39 is 5.24 Å². The highest BCUT2D eigenvalue weighted by atomic mass is 35.5. The molecule has 5 amide bonds. The van der Waals surface area contributed by atoms with E-state index in [9.17, 15) is 19.2 Å². The summed E-state index contributed by atoms with van der Waals surface area (Å²) in [6, 6.07) is 15.2. The van der Waals surface area contributed by atoms with E-state index in [1.807, 2.05) is 70.5 Å². The van der Waals surface area contributed by atoms with Gasteiger partial charge in [-0.2, -0.15) is 20.2 Å². The maximum absolute atomic E-state index is 12.2. The van der Waals surface area contributed by atoms with Crippen molar-refractivity contribution in [3.8, 4) is 22.5 Å². The number of methoxy groups -OCH3 is 2. The lowest BCUT2D eigenvalue weighted by Gasteiger charge is -2.32. The summed E-state index contributed by atoms with van der Waals surface area (Å²) in [6.07, 6.45) is 7.35. The number of nitrogens with one attached hydrogen (secondary N) is 5. The van der Waals surface area contributed by atoms with Crippen LogP contribution in [0.4, 0.5) is 32.9 Å². The molecular formula is C50H65ClN16O8. The second-order valence-electron chi connectivity index (χ2n) is 18.0. The Morgan fingerprint density at radius 3 is 1.43 bits per heavy atom. The average Bonchev–Trinajstić information content (AvgIpc) is 4.10. The number of likely N-dealkylation sites (tertiary alicyclic amines) is 1. The molecule has 0 saturated carbocycles. The number of amides is 5. The molecule has 25 heteroatoms. The van der Waals surface area contributed by atoms with Crippen molar-refractivity contribution < 1.29 is 38.1 Å². The van der Waals surface area contributed by atoms with Crippen molar-refractivity contribution in [3.63, 3.8) is 0 Å². The van der Waals surface area contributed by atoms with E-state index >= 15 is 0 Å². The van der Waals surface area contributed by atoms with Crippen LogP contribution in [0.2, 0.25) is 0 Å². The first-order chi connectivity index (χ1) is 36.6. The number of piperidine rings is 2. The van der Waals surface area contributed by atoms with Gasteiger partial charge >= 0.3 is 12.1 Å². The number of nitrogens with zero attached hydrogens (tertiary/aromatic N) is 11. The lowest BCUT2D eigenvalue weighted by Crippen LogP contribution is -2.41. The van der Waals surface area contributed by atoms with Crippen molar-refractivity contribution >= 4 is 80.2 Å². The van der Waals surface area contributed by atoms with Gasteiger partial charge in [0.05, 0.1) is 73.1 Å². The summed E-state index contributed by atoms with van der Waals surface area (Å²) in [5, 5.41) is 24.9. The summed E-state index contributed by atoms with van der Waals surface area (Å²) in [6.45, 7) is 8.95. The van der Waals surface area contributed by atoms with Gasteiger partial charge in [-0.25, -0.2) is 28.9 Å². The van der Waals surface area contributed by atoms with E-state index in [0.29, 0.717) is 76.2 Å². The summed E-state index contributed by atoms with van der Waals surface area (Å²) >= 11 is 4.81. The molecule has 4 saturated heterocycles. The maximum atomic E-state index is 12.2. The molecule has 75 heavy (non-hydrogen) atoms. The molecule has 4 aliphatic rings. The van der Waals surface area contributed by atoms with Crippen LogP contribution in [-0.2, 0) is 28.5 Å². The average molecular weight is 1050 g/mol. The largest absolute Gasteiger partial charge is 0.378 e. The number of benzene rings is 2. The molecular weight excluding hydrogens is 988 g/mol. The zero-order valence-electron chi connectivity index (χ0n) is 42.7. The second-order valence-corrected chi connectivity index (χ2v) is 18.4. The third-order valence-electron chi connectivity index (χ3n) is 13.1. The van der Waals surface area contributed by atoms with Crippen molar-refractivity contribution in [1.82, 2.24) is 60.3 Å². The smallest absolute Gasteiger partial charge is 0.318 e. The third-order valence-corrected chi connectivity index (χ3v) is 13.2. The molecule has 4 aliphatic heterocycles. The van der Waals surface area contributed by atoms with Crippen LogP contribution in [0.25, 0.3) is 44.6 Å². The van der Waals surface area contributed by atoms with Crippen molar-refractivity contribution in [2.75, 3.05) is 141 Å². The van der Waals surface area contributed by atoms with Crippen LogP contribution >= 0.6 is 11.6 Å². The topological polar surface area (TPSA) is 262 Å². The Kier molecular flexibility index (Phi) is 19.1. The summed E-state index contributed by atoms with van der Waals surface area (Å²) in [4.78, 5) is 71.2. The first-order valence-corrected chi connectivity index (χ1v) is 25.4. The predicted molar refractivity (Wildman–Crippen MR) is 284 cm³/mol. The number of aromatic nitrogens is 8. The highest BCUT2D eigenvalue weighted by molar-refractivity contribution is 6.63. The Labute approximate surface area is 439 Å². The van der Waals surface area contributed by atoms with Crippen molar-refractivity contribution in [1.29, 1.82) is 0 Å². The van der Waals surface area contributed by atoms with Crippen LogP contribution in [0.3, 0.4) is 0 Å². The number of halogens is 1. The van der Waals surface area contributed by atoms with Crippen LogP contribution in [0.15, 0.2) is 60.9 Å². The summed E-state index contributed by atoms with van der Waals surface area (Å²) in [5.41, 5.74) is 6.56. The molecule has 4 aromatic heterocycles. The Balaban J connectivity index is 0.000000181. The normalized spacial score (nSPS) is 16.4. The van der Waals surface area contributed by atoms with Crippen LogP contribution in [-0.4, -0.2) is 188 Å². The molecule has 0 aliphatic carbocycles. The molecule has 4 fully saturated rings. The molecule has 24 nitrogen and oxygen atoms in total. The number of rotatable bonds is 12. The fourth-order valence-electron chi connectivity index (χ4n) is 9.16. The summed E-state index contributed by atoms with van der Waals surface area (Å²) < 4.78 is 24.4. The van der Waals surface area contributed by atoms with Gasteiger partial charge in [-0.05, 0) is 74.6 Å².